The first-order chi connectivity index (χ1) is 17.3. The molecule has 1 aromatic carbocycles. The fraction of sp³-hybridized carbons (Fsp3) is 0.480. The van der Waals surface area contributed by atoms with Crippen LogP contribution in [0.2, 0.25) is 5.15 Å². The van der Waals surface area contributed by atoms with Gasteiger partial charge in [0, 0.05) is 24.8 Å². The summed E-state index contributed by atoms with van der Waals surface area (Å²) in [4.78, 5) is 20.8. The molecule has 2 saturated heterocycles. The Morgan fingerprint density at radius 2 is 1.83 bits per heavy atom. The zero-order valence-electron chi connectivity index (χ0n) is 19.6. The molecular formula is C25H26ClF3N6O. The predicted octanol–water partition coefficient (Wildman–Crippen LogP) is 4.67. The van der Waals surface area contributed by atoms with E-state index in [1.54, 1.807) is 28.9 Å². The molecular weight excluding hydrogens is 493 g/mol. The number of hydrogen-bond acceptors (Lipinski definition) is 5. The molecule has 1 atom stereocenters. The minimum Gasteiger partial charge on any atom is -0.339 e. The third-order valence-corrected chi connectivity index (χ3v) is 8.05. The van der Waals surface area contributed by atoms with Crippen molar-refractivity contribution in [3.05, 3.63) is 52.9 Å². The molecule has 2 aromatic heterocycles. The normalized spacial score (nSPS) is 20.8. The molecule has 0 aliphatic carbocycles. The molecule has 5 heterocycles. The first-order valence-electron chi connectivity index (χ1n) is 12.3. The molecule has 11 heteroatoms. The molecule has 6 rings (SSSR count). The molecule has 3 aliphatic heterocycles. The fourth-order valence-electron chi connectivity index (χ4n) is 6.04. The van der Waals surface area contributed by atoms with E-state index in [2.05, 4.69) is 15.4 Å². The highest BCUT2D eigenvalue weighted by atomic mass is 35.5. The van der Waals surface area contributed by atoms with E-state index < -0.39 is 17.6 Å². The number of carbonyl (C=O) groups excluding carboxylic acids is 1. The van der Waals surface area contributed by atoms with Gasteiger partial charge in [-0.3, -0.25) is 4.79 Å². The zero-order chi connectivity index (χ0) is 25.1. The summed E-state index contributed by atoms with van der Waals surface area (Å²) in [5.74, 6) is -0.367. The number of benzene rings is 1. The van der Waals surface area contributed by atoms with Gasteiger partial charge in [0.25, 0.3) is 0 Å². The average Bonchev–Trinajstić information content (AvgIpc) is 3.39. The van der Waals surface area contributed by atoms with Crippen molar-refractivity contribution in [2.24, 2.45) is 5.41 Å². The number of anilines is 2. The number of alkyl halides is 3. The average molecular weight is 519 g/mol. The molecule has 1 amide bonds. The first kappa shape index (κ1) is 23.5. The van der Waals surface area contributed by atoms with Crippen LogP contribution in [-0.4, -0.2) is 57.8 Å². The van der Waals surface area contributed by atoms with Gasteiger partial charge in [0.2, 0.25) is 5.91 Å². The molecule has 3 aliphatic rings. The van der Waals surface area contributed by atoms with Crippen molar-refractivity contribution < 1.29 is 18.0 Å². The quantitative estimate of drug-likeness (QED) is 0.546. The van der Waals surface area contributed by atoms with Crippen molar-refractivity contribution >= 4 is 34.5 Å². The molecule has 1 spiro atoms. The Balaban J connectivity index is 1.31. The Morgan fingerprint density at radius 3 is 2.56 bits per heavy atom. The minimum atomic E-state index is -4.57. The van der Waals surface area contributed by atoms with Crippen molar-refractivity contribution in [3.63, 3.8) is 0 Å². The third-order valence-electron chi connectivity index (χ3n) is 7.87. The Bertz CT molecular complexity index is 1300. The van der Waals surface area contributed by atoms with E-state index in [-0.39, 0.29) is 18.0 Å². The van der Waals surface area contributed by atoms with Crippen LogP contribution >= 0.6 is 11.6 Å². The highest BCUT2D eigenvalue weighted by Gasteiger charge is 2.55. The van der Waals surface area contributed by atoms with E-state index in [1.165, 1.54) is 12.1 Å². The van der Waals surface area contributed by atoms with Crippen LogP contribution in [0.25, 0.3) is 5.65 Å². The van der Waals surface area contributed by atoms with Gasteiger partial charge in [-0.15, -0.1) is 0 Å². The topological polar surface area (TPSA) is 65.8 Å². The number of nitrogens with zero attached hydrogens (tertiary/aromatic N) is 5. The van der Waals surface area contributed by atoms with Gasteiger partial charge in [0.15, 0.2) is 16.8 Å². The number of aromatic nitrogens is 3. The van der Waals surface area contributed by atoms with Crippen LogP contribution in [0.15, 0.2) is 36.5 Å². The second kappa shape index (κ2) is 8.62. The number of fused-ring (bicyclic) bond motifs is 3. The Morgan fingerprint density at radius 1 is 1.08 bits per heavy atom. The van der Waals surface area contributed by atoms with Gasteiger partial charge in [-0.05, 0) is 62.9 Å². The molecule has 3 aromatic rings. The summed E-state index contributed by atoms with van der Waals surface area (Å²) in [7, 11) is 0. The van der Waals surface area contributed by atoms with Crippen LogP contribution in [0.4, 0.5) is 24.5 Å². The van der Waals surface area contributed by atoms with Crippen molar-refractivity contribution in [1.82, 2.24) is 24.8 Å². The maximum atomic E-state index is 14.3. The number of likely N-dealkylation sites (tertiary alicyclic amines) is 1. The van der Waals surface area contributed by atoms with Gasteiger partial charge >= 0.3 is 6.18 Å². The van der Waals surface area contributed by atoms with Crippen LogP contribution in [0.5, 0.6) is 0 Å². The van der Waals surface area contributed by atoms with Gasteiger partial charge in [0.05, 0.1) is 23.0 Å². The van der Waals surface area contributed by atoms with Crippen molar-refractivity contribution in [1.29, 1.82) is 0 Å². The van der Waals surface area contributed by atoms with Crippen LogP contribution in [0.1, 0.15) is 43.0 Å². The molecule has 0 saturated carbocycles. The van der Waals surface area contributed by atoms with Crippen LogP contribution in [0, 0.1) is 5.41 Å². The van der Waals surface area contributed by atoms with Gasteiger partial charge in [-0.2, -0.15) is 18.3 Å². The summed E-state index contributed by atoms with van der Waals surface area (Å²) in [6.07, 6.45) is 0.493. The van der Waals surface area contributed by atoms with Crippen molar-refractivity contribution in [2.45, 2.75) is 44.3 Å². The predicted molar refractivity (Wildman–Crippen MR) is 129 cm³/mol. The van der Waals surface area contributed by atoms with E-state index >= 15 is 0 Å². The molecule has 36 heavy (non-hydrogen) atoms. The van der Waals surface area contributed by atoms with E-state index in [9.17, 15) is 18.0 Å². The highest BCUT2D eigenvalue weighted by molar-refractivity contribution is 6.29. The lowest BCUT2D eigenvalue weighted by Gasteiger charge is -2.35. The lowest BCUT2D eigenvalue weighted by atomic mass is 9.77. The number of carbonyl (C=O) groups is 1. The fourth-order valence-corrected chi connectivity index (χ4v) is 6.22. The van der Waals surface area contributed by atoms with E-state index in [1.807, 2.05) is 4.90 Å². The highest BCUT2D eigenvalue weighted by Crippen LogP contribution is 2.47. The zero-order valence-corrected chi connectivity index (χ0v) is 20.3. The monoisotopic (exact) mass is 518 g/mol. The van der Waals surface area contributed by atoms with Gasteiger partial charge in [0.1, 0.15) is 0 Å². The van der Waals surface area contributed by atoms with E-state index in [0.717, 1.165) is 34.8 Å². The van der Waals surface area contributed by atoms with Crippen molar-refractivity contribution in [2.75, 3.05) is 31.1 Å². The molecule has 0 radical (unpaired) electrons. The van der Waals surface area contributed by atoms with Gasteiger partial charge < -0.3 is 15.1 Å². The largest absolute Gasteiger partial charge is 0.413 e. The second-order valence-corrected chi connectivity index (χ2v) is 10.3. The molecule has 0 unspecified atom stereocenters. The molecule has 1 N–H and O–H groups in total. The van der Waals surface area contributed by atoms with Crippen LogP contribution in [-0.2, 0) is 11.2 Å². The number of rotatable bonds is 3. The first-order valence-corrected chi connectivity index (χ1v) is 12.6. The minimum absolute atomic E-state index is 0.0789. The summed E-state index contributed by atoms with van der Waals surface area (Å²) >= 11 is 6.07. The number of nitrogens with one attached hydrogen (secondary N) is 1. The molecule has 0 bridgehead atoms. The maximum Gasteiger partial charge on any atom is 0.413 e. The lowest BCUT2D eigenvalue weighted by molar-refractivity contribution is -0.190. The maximum absolute atomic E-state index is 14.3. The Hall–Kier alpha value is -2.85. The van der Waals surface area contributed by atoms with Crippen LogP contribution < -0.4 is 10.2 Å². The lowest BCUT2D eigenvalue weighted by Crippen LogP contribution is -2.46. The standard InChI is InChI=1S/C25H26ClF3N6O/c26-20-14-21-31-15-19-18(35(21)32-20)2-1-12-33(19)17-5-3-16(4-6-17)22(25(27,28)29)34-13-9-24(23(34)36)7-10-30-11-8-24/h3-6,14-15,22,30H,1-2,7-13H2/t22-/m0/s1. The number of amides is 1. The summed E-state index contributed by atoms with van der Waals surface area (Å²) in [6, 6.07) is 6.14. The molecule has 7 nitrogen and oxygen atoms in total. The molecule has 2 fully saturated rings. The summed E-state index contributed by atoms with van der Waals surface area (Å²) < 4.78 is 44.8. The van der Waals surface area contributed by atoms with Gasteiger partial charge in [-0.1, -0.05) is 23.7 Å². The van der Waals surface area contributed by atoms with E-state index in [4.69, 9.17) is 11.6 Å². The van der Waals surface area contributed by atoms with Crippen molar-refractivity contribution in [3.8, 4) is 0 Å². The summed E-state index contributed by atoms with van der Waals surface area (Å²) in [5.41, 5.74) is 2.66. The third kappa shape index (κ3) is 3.82. The summed E-state index contributed by atoms with van der Waals surface area (Å²) in [6.45, 7) is 2.15. The smallest absolute Gasteiger partial charge is 0.339 e. The number of halogens is 4. The number of aryl methyl sites for hydroxylation is 1. The number of hydrogen-bond donors (Lipinski definition) is 1. The number of piperidine rings is 1. The Labute approximate surface area is 211 Å². The Kier molecular flexibility index (Phi) is 5.64. The SMILES string of the molecule is O=C1N([C@@H](c2ccc(N3CCCc4c3cnc3cc(Cl)nn43)cc2)C(F)(F)F)CCC12CCNCC2. The second-order valence-electron chi connectivity index (χ2n) is 9.90. The molecule has 190 valence electrons. The van der Waals surface area contributed by atoms with Gasteiger partial charge in [-0.25, -0.2) is 9.50 Å². The van der Waals surface area contributed by atoms with Crippen LogP contribution in [0.3, 0.4) is 0 Å². The van der Waals surface area contributed by atoms with E-state index in [0.29, 0.717) is 49.7 Å². The summed E-state index contributed by atoms with van der Waals surface area (Å²) in [5, 5.41) is 7.90.